The Morgan fingerprint density at radius 2 is 1.60 bits per heavy atom. The van der Waals surface area contributed by atoms with E-state index in [0.717, 1.165) is 11.3 Å². The molecule has 0 aromatic heterocycles. The van der Waals surface area contributed by atoms with Crippen LogP contribution in [-0.4, -0.2) is 62.0 Å². The monoisotopic (exact) mass is 410 g/mol. The first-order chi connectivity index (χ1) is 14.5. The van der Waals surface area contributed by atoms with Gasteiger partial charge in [-0.25, -0.2) is 0 Å². The molecule has 30 heavy (non-hydrogen) atoms. The van der Waals surface area contributed by atoms with E-state index in [2.05, 4.69) is 0 Å². The molecule has 6 heteroatoms. The van der Waals surface area contributed by atoms with Gasteiger partial charge in [0.25, 0.3) is 5.91 Å². The van der Waals surface area contributed by atoms with E-state index in [1.807, 2.05) is 49.1 Å². The van der Waals surface area contributed by atoms with Crippen molar-refractivity contribution in [3.8, 4) is 11.5 Å². The Balaban J connectivity index is 1.92. The summed E-state index contributed by atoms with van der Waals surface area (Å²) in [5, 5.41) is 0. The zero-order valence-corrected chi connectivity index (χ0v) is 18.1. The molecule has 0 saturated carbocycles. The van der Waals surface area contributed by atoms with E-state index in [1.165, 1.54) is 0 Å². The third kappa shape index (κ3) is 4.42. The predicted octanol–water partition coefficient (Wildman–Crippen LogP) is 3.43. The van der Waals surface area contributed by atoms with Gasteiger partial charge >= 0.3 is 0 Å². The van der Waals surface area contributed by atoms with E-state index in [9.17, 15) is 9.59 Å². The third-order valence-corrected chi connectivity index (χ3v) is 5.84. The van der Waals surface area contributed by atoms with E-state index in [-0.39, 0.29) is 23.7 Å². The molecule has 1 heterocycles. The van der Waals surface area contributed by atoms with Gasteiger partial charge in [-0.2, -0.15) is 0 Å². The van der Waals surface area contributed by atoms with Gasteiger partial charge in [-0.15, -0.1) is 0 Å². The second-order valence-corrected chi connectivity index (χ2v) is 7.44. The van der Waals surface area contributed by atoms with Gasteiger partial charge in [0.1, 0.15) is 11.5 Å². The maximum absolute atomic E-state index is 13.3. The van der Waals surface area contributed by atoms with Crippen molar-refractivity contribution in [3.05, 3.63) is 59.7 Å². The number of hydrogen-bond acceptors (Lipinski definition) is 4. The van der Waals surface area contributed by atoms with Crippen LogP contribution < -0.4 is 9.47 Å². The minimum atomic E-state index is -0.286. The highest BCUT2D eigenvalue weighted by atomic mass is 16.5. The summed E-state index contributed by atoms with van der Waals surface area (Å²) in [6, 6.07) is 14.9. The number of carbonyl (C=O) groups excluding carboxylic acids is 2. The Hall–Kier alpha value is -3.02. The summed E-state index contributed by atoms with van der Waals surface area (Å²) in [4.78, 5) is 30.1. The molecule has 0 aliphatic carbocycles. The second-order valence-electron chi connectivity index (χ2n) is 7.44. The summed E-state index contributed by atoms with van der Waals surface area (Å²) in [5.74, 6) is 1.03. The van der Waals surface area contributed by atoms with E-state index in [4.69, 9.17) is 9.47 Å². The quantitative estimate of drug-likeness (QED) is 0.702. The van der Waals surface area contributed by atoms with E-state index < -0.39 is 0 Å². The molecule has 1 aliphatic heterocycles. The van der Waals surface area contributed by atoms with Crippen LogP contribution in [0, 0.1) is 5.92 Å². The van der Waals surface area contributed by atoms with Crippen molar-refractivity contribution in [3.63, 3.8) is 0 Å². The number of amides is 2. The first-order valence-corrected chi connectivity index (χ1v) is 10.4. The standard InChI is InChI=1S/C24H30N2O4/c1-5-25(6-2)24(28)22-16-26(23(27)18-10-8-12-20(14-18)30-4)15-21(22)17-9-7-11-19(13-17)29-3/h7-14,21-22H,5-6,15-16H2,1-4H3/t21-,22-/m1/s1. The SMILES string of the molecule is CCN(CC)C(=O)[C@@H]1CN(C(=O)c2cccc(OC)c2)C[C@@H]1c1cccc(OC)c1. The van der Waals surface area contributed by atoms with Crippen LogP contribution in [0.2, 0.25) is 0 Å². The van der Waals surface area contributed by atoms with Crippen LogP contribution >= 0.6 is 0 Å². The first-order valence-electron chi connectivity index (χ1n) is 10.4. The average Bonchev–Trinajstić information content (AvgIpc) is 3.25. The summed E-state index contributed by atoms with van der Waals surface area (Å²) in [6.45, 7) is 6.15. The van der Waals surface area contributed by atoms with Crippen molar-refractivity contribution >= 4 is 11.8 Å². The largest absolute Gasteiger partial charge is 0.497 e. The number of nitrogens with zero attached hydrogens (tertiary/aromatic N) is 2. The number of benzene rings is 2. The molecule has 0 bridgehead atoms. The number of rotatable bonds is 7. The van der Waals surface area contributed by atoms with Gasteiger partial charge in [-0.05, 0) is 49.7 Å². The molecule has 2 aromatic rings. The van der Waals surface area contributed by atoms with Gasteiger partial charge in [-0.3, -0.25) is 9.59 Å². The smallest absolute Gasteiger partial charge is 0.254 e. The van der Waals surface area contributed by atoms with E-state index in [1.54, 1.807) is 37.3 Å². The molecule has 0 spiro atoms. The van der Waals surface area contributed by atoms with Gasteiger partial charge < -0.3 is 19.3 Å². The van der Waals surface area contributed by atoms with Crippen LogP contribution in [0.5, 0.6) is 11.5 Å². The molecule has 0 N–H and O–H groups in total. The van der Waals surface area contributed by atoms with Crippen molar-refractivity contribution in [2.45, 2.75) is 19.8 Å². The van der Waals surface area contributed by atoms with Gasteiger partial charge in [0.05, 0.1) is 20.1 Å². The number of likely N-dealkylation sites (tertiary alicyclic amines) is 1. The number of ether oxygens (including phenoxy) is 2. The maximum atomic E-state index is 13.3. The van der Waals surface area contributed by atoms with Crippen molar-refractivity contribution in [2.75, 3.05) is 40.4 Å². The van der Waals surface area contributed by atoms with Crippen molar-refractivity contribution in [1.82, 2.24) is 9.80 Å². The predicted molar refractivity (Wildman–Crippen MR) is 116 cm³/mol. The normalized spacial score (nSPS) is 18.2. The molecular formula is C24H30N2O4. The summed E-state index contributed by atoms with van der Waals surface area (Å²) >= 11 is 0. The highest BCUT2D eigenvalue weighted by Crippen LogP contribution is 2.36. The second kappa shape index (κ2) is 9.65. The fourth-order valence-corrected chi connectivity index (χ4v) is 4.14. The summed E-state index contributed by atoms with van der Waals surface area (Å²) in [6.07, 6.45) is 0. The molecule has 0 radical (unpaired) electrons. The Morgan fingerprint density at radius 3 is 2.23 bits per heavy atom. The summed E-state index contributed by atoms with van der Waals surface area (Å²) in [7, 11) is 3.21. The Kier molecular flexibility index (Phi) is 6.98. The highest BCUT2D eigenvalue weighted by Gasteiger charge is 2.42. The number of methoxy groups -OCH3 is 2. The number of carbonyl (C=O) groups is 2. The molecule has 1 aliphatic rings. The van der Waals surface area contributed by atoms with Gasteiger partial charge in [0.15, 0.2) is 0 Å². The van der Waals surface area contributed by atoms with Crippen LogP contribution in [0.4, 0.5) is 0 Å². The molecule has 6 nitrogen and oxygen atoms in total. The third-order valence-electron chi connectivity index (χ3n) is 5.84. The molecule has 0 unspecified atom stereocenters. The van der Waals surface area contributed by atoms with E-state index in [0.29, 0.717) is 37.5 Å². The van der Waals surface area contributed by atoms with Crippen molar-refractivity contribution in [1.29, 1.82) is 0 Å². The minimum Gasteiger partial charge on any atom is -0.497 e. The lowest BCUT2D eigenvalue weighted by molar-refractivity contribution is -0.135. The molecule has 160 valence electrons. The lowest BCUT2D eigenvalue weighted by Crippen LogP contribution is -2.39. The van der Waals surface area contributed by atoms with Crippen LogP contribution in [-0.2, 0) is 4.79 Å². The van der Waals surface area contributed by atoms with Gasteiger partial charge in [-0.1, -0.05) is 18.2 Å². The Bertz CT molecular complexity index is 894. The molecule has 2 amide bonds. The summed E-state index contributed by atoms with van der Waals surface area (Å²) in [5.41, 5.74) is 1.58. The van der Waals surface area contributed by atoms with Crippen LogP contribution in [0.15, 0.2) is 48.5 Å². The lowest BCUT2D eigenvalue weighted by atomic mass is 9.88. The van der Waals surface area contributed by atoms with Crippen molar-refractivity contribution in [2.24, 2.45) is 5.92 Å². The Morgan fingerprint density at radius 1 is 0.967 bits per heavy atom. The fraction of sp³-hybridized carbons (Fsp3) is 0.417. The summed E-state index contributed by atoms with van der Waals surface area (Å²) < 4.78 is 10.6. The molecule has 2 atom stereocenters. The zero-order valence-electron chi connectivity index (χ0n) is 18.1. The molecule has 1 saturated heterocycles. The number of hydrogen-bond donors (Lipinski definition) is 0. The molecule has 1 fully saturated rings. The van der Waals surface area contributed by atoms with Crippen molar-refractivity contribution < 1.29 is 19.1 Å². The van der Waals surface area contributed by atoms with Gasteiger partial charge in [0.2, 0.25) is 5.91 Å². The highest BCUT2D eigenvalue weighted by molar-refractivity contribution is 5.95. The van der Waals surface area contributed by atoms with Crippen LogP contribution in [0.3, 0.4) is 0 Å². The van der Waals surface area contributed by atoms with Crippen LogP contribution in [0.1, 0.15) is 35.7 Å². The maximum Gasteiger partial charge on any atom is 0.254 e. The average molecular weight is 411 g/mol. The minimum absolute atomic E-state index is 0.0808. The molecular weight excluding hydrogens is 380 g/mol. The fourth-order valence-electron chi connectivity index (χ4n) is 4.14. The topological polar surface area (TPSA) is 59.1 Å². The lowest BCUT2D eigenvalue weighted by Gasteiger charge is -2.26. The molecule has 3 rings (SSSR count). The first kappa shape index (κ1) is 21.7. The van der Waals surface area contributed by atoms with Crippen LogP contribution in [0.25, 0.3) is 0 Å². The van der Waals surface area contributed by atoms with E-state index >= 15 is 0 Å². The van der Waals surface area contributed by atoms with Gasteiger partial charge in [0, 0.05) is 37.7 Å². The Labute approximate surface area is 178 Å². The molecule has 2 aromatic carbocycles. The zero-order chi connectivity index (χ0) is 21.7.